The van der Waals surface area contributed by atoms with E-state index >= 15 is 0 Å². The van der Waals surface area contributed by atoms with E-state index in [-0.39, 0.29) is 6.61 Å². The Kier molecular flexibility index (Phi) is 4.89. The van der Waals surface area contributed by atoms with Crippen LogP contribution in [-0.4, -0.2) is 35.8 Å². The topological polar surface area (TPSA) is 68.7 Å². The minimum absolute atomic E-state index is 0.00155. The van der Waals surface area contributed by atoms with Crippen LogP contribution in [0.25, 0.3) is 0 Å². The van der Waals surface area contributed by atoms with Crippen LogP contribution in [0.4, 0.5) is 18.0 Å². The largest absolute Gasteiger partial charge is 0.533 e. The molecule has 6 nitrogen and oxygen atoms in total. The van der Waals surface area contributed by atoms with Crippen molar-refractivity contribution >= 4 is 12.1 Å². The number of carbonyl (C=O) groups excluding carboxylic acids is 2. The van der Waals surface area contributed by atoms with Crippen LogP contribution in [0.1, 0.15) is 22.8 Å². The number of hydrogen-bond donors (Lipinski definition) is 0. The van der Waals surface area contributed by atoms with Gasteiger partial charge in [-0.05, 0) is 13.0 Å². The van der Waals surface area contributed by atoms with Crippen molar-refractivity contribution in [1.82, 2.24) is 10.0 Å². The summed E-state index contributed by atoms with van der Waals surface area (Å²) < 4.78 is 42.6. The van der Waals surface area contributed by atoms with Crippen LogP contribution >= 0.6 is 0 Å². The summed E-state index contributed by atoms with van der Waals surface area (Å²) in [6.07, 6.45) is -4.26. The van der Waals surface area contributed by atoms with Gasteiger partial charge in [-0.2, -0.15) is 18.2 Å². The lowest BCUT2D eigenvalue weighted by atomic mass is 10.1. The molecule has 0 N–H and O–H groups in total. The third kappa shape index (κ3) is 3.84. The fourth-order valence-electron chi connectivity index (χ4n) is 1.28. The van der Waals surface area contributed by atoms with Gasteiger partial charge in [0.05, 0.1) is 17.7 Å². The Morgan fingerprint density at radius 3 is 2.60 bits per heavy atom. The Hall–Kier alpha value is -2.32. The molecule has 0 aromatic carbocycles. The molecular weight excluding hydrogens is 281 g/mol. The number of rotatable bonds is 2. The van der Waals surface area contributed by atoms with Crippen molar-refractivity contribution in [2.45, 2.75) is 13.1 Å². The smallest absolute Gasteiger partial charge is 0.433 e. The molecule has 1 aromatic rings. The lowest BCUT2D eigenvalue weighted by molar-refractivity contribution is -0.138. The van der Waals surface area contributed by atoms with Gasteiger partial charge in [0.2, 0.25) is 0 Å². The van der Waals surface area contributed by atoms with E-state index in [1.165, 1.54) is 6.92 Å². The van der Waals surface area contributed by atoms with Crippen LogP contribution in [0.2, 0.25) is 0 Å². The van der Waals surface area contributed by atoms with E-state index in [0.29, 0.717) is 11.1 Å². The maximum atomic E-state index is 12.7. The lowest BCUT2D eigenvalue weighted by Gasteiger charge is -2.17. The number of hydroxylamine groups is 2. The second-order valence-electron chi connectivity index (χ2n) is 3.50. The summed E-state index contributed by atoms with van der Waals surface area (Å²) >= 11 is 0. The van der Waals surface area contributed by atoms with Crippen LogP contribution in [0.3, 0.4) is 0 Å². The maximum Gasteiger partial charge on any atom is 0.533 e. The fraction of sp³-hybridized carbons (Fsp3) is 0.364. The third-order valence-electron chi connectivity index (χ3n) is 2.12. The van der Waals surface area contributed by atoms with Crippen LogP contribution < -0.4 is 0 Å². The molecular formula is C11H11F3N2O4. The molecule has 20 heavy (non-hydrogen) atoms. The highest BCUT2D eigenvalue weighted by atomic mass is 19.4. The molecule has 0 aliphatic carbocycles. The summed E-state index contributed by atoms with van der Waals surface area (Å²) in [6, 6.07) is 0.658. The first kappa shape index (κ1) is 15.7. The second kappa shape index (κ2) is 6.22. The summed E-state index contributed by atoms with van der Waals surface area (Å²) in [7, 11) is 0.992. The van der Waals surface area contributed by atoms with Crippen molar-refractivity contribution in [2.24, 2.45) is 0 Å². The van der Waals surface area contributed by atoms with Crippen LogP contribution in [0, 0.1) is 0 Å². The highest BCUT2D eigenvalue weighted by Crippen LogP contribution is 2.31. The first-order valence-electron chi connectivity index (χ1n) is 5.41. The quantitative estimate of drug-likeness (QED) is 0.617. The van der Waals surface area contributed by atoms with E-state index in [2.05, 4.69) is 14.6 Å². The zero-order valence-electron chi connectivity index (χ0n) is 10.6. The maximum absolute atomic E-state index is 12.7. The zero-order valence-corrected chi connectivity index (χ0v) is 10.6. The predicted octanol–water partition coefficient (Wildman–Crippen LogP) is 2.26. The Balaban J connectivity index is 2.95. The van der Waals surface area contributed by atoms with Gasteiger partial charge in [0.1, 0.15) is 0 Å². The molecule has 0 spiro atoms. The Bertz CT molecular complexity index is 505. The first-order chi connectivity index (χ1) is 9.27. The van der Waals surface area contributed by atoms with E-state index in [9.17, 15) is 22.8 Å². The molecule has 1 rings (SSSR count). The number of alkyl halides is 3. The van der Waals surface area contributed by atoms with Gasteiger partial charge in [-0.25, -0.2) is 4.79 Å². The van der Waals surface area contributed by atoms with E-state index in [0.717, 1.165) is 19.4 Å². The molecule has 0 unspecified atom stereocenters. The van der Waals surface area contributed by atoms with Crippen LogP contribution in [-0.2, 0) is 15.8 Å². The third-order valence-corrected chi connectivity index (χ3v) is 2.12. The summed E-state index contributed by atoms with van der Waals surface area (Å²) in [5.41, 5.74) is -1.90. The molecule has 0 radical (unpaired) electrons. The summed E-state index contributed by atoms with van der Waals surface area (Å²) in [6.45, 7) is 1.51. The SMILES string of the molecule is CCOC(=O)ON(C)C(=O)c1cnccc1C(F)(F)F. The normalized spacial score (nSPS) is 10.8. The van der Waals surface area contributed by atoms with Gasteiger partial charge in [-0.1, -0.05) is 0 Å². The van der Waals surface area contributed by atoms with Crippen molar-refractivity contribution in [3.05, 3.63) is 29.6 Å². The van der Waals surface area contributed by atoms with Crippen LogP contribution in [0.5, 0.6) is 0 Å². The molecule has 0 saturated heterocycles. The average Bonchev–Trinajstić information content (AvgIpc) is 2.37. The minimum Gasteiger partial charge on any atom is -0.433 e. The van der Waals surface area contributed by atoms with Gasteiger partial charge in [0.15, 0.2) is 0 Å². The summed E-state index contributed by atoms with van der Waals surface area (Å²) in [5, 5.41) is 0.351. The number of aromatic nitrogens is 1. The number of amides is 1. The molecule has 9 heteroatoms. The second-order valence-corrected chi connectivity index (χ2v) is 3.50. The summed E-state index contributed by atoms with van der Waals surface area (Å²) in [4.78, 5) is 30.7. The molecule has 110 valence electrons. The van der Waals surface area contributed by atoms with Crippen molar-refractivity contribution in [1.29, 1.82) is 0 Å². The molecule has 0 aliphatic heterocycles. The minimum atomic E-state index is -4.72. The van der Waals surface area contributed by atoms with E-state index in [1.807, 2.05) is 0 Å². The number of hydrogen-bond acceptors (Lipinski definition) is 5. The zero-order chi connectivity index (χ0) is 15.3. The molecule has 1 heterocycles. The molecule has 1 amide bonds. The van der Waals surface area contributed by atoms with Gasteiger partial charge in [0, 0.05) is 19.4 Å². The summed E-state index contributed by atoms with van der Waals surface area (Å²) in [5.74, 6) is -1.17. The van der Waals surface area contributed by atoms with Crippen LogP contribution in [0.15, 0.2) is 18.5 Å². The highest BCUT2D eigenvalue weighted by Gasteiger charge is 2.36. The van der Waals surface area contributed by atoms with Crippen molar-refractivity contribution in [2.75, 3.05) is 13.7 Å². The van der Waals surface area contributed by atoms with Gasteiger partial charge < -0.3 is 9.57 Å². The van der Waals surface area contributed by atoms with Crippen molar-refractivity contribution < 1.29 is 32.3 Å². The molecule has 0 atom stereocenters. The molecule has 0 fully saturated rings. The van der Waals surface area contributed by atoms with Gasteiger partial charge >= 0.3 is 12.3 Å². The number of pyridine rings is 1. The van der Waals surface area contributed by atoms with E-state index < -0.39 is 29.4 Å². The number of halogens is 3. The molecule has 1 aromatic heterocycles. The van der Waals surface area contributed by atoms with Crippen molar-refractivity contribution in [3.63, 3.8) is 0 Å². The Morgan fingerprint density at radius 2 is 2.05 bits per heavy atom. The van der Waals surface area contributed by atoms with E-state index in [1.54, 1.807) is 0 Å². The molecule has 0 bridgehead atoms. The molecule has 0 aliphatic rings. The number of nitrogens with zero attached hydrogens (tertiary/aromatic N) is 2. The molecule has 0 saturated carbocycles. The monoisotopic (exact) mass is 292 g/mol. The Morgan fingerprint density at radius 1 is 1.40 bits per heavy atom. The predicted molar refractivity (Wildman–Crippen MR) is 59.4 cm³/mol. The average molecular weight is 292 g/mol. The van der Waals surface area contributed by atoms with Gasteiger partial charge in [0.25, 0.3) is 5.91 Å². The Labute approximate surface area is 112 Å². The first-order valence-corrected chi connectivity index (χ1v) is 5.41. The fourth-order valence-corrected chi connectivity index (χ4v) is 1.28. The van der Waals surface area contributed by atoms with Crippen molar-refractivity contribution in [3.8, 4) is 0 Å². The highest BCUT2D eigenvalue weighted by molar-refractivity contribution is 5.95. The number of carbonyl (C=O) groups is 2. The lowest BCUT2D eigenvalue weighted by Crippen LogP contribution is -2.31. The number of ether oxygens (including phenoxy) is 1. The van der Waals surface area contributed by atoms with E-state index in [4.69, 9.17) is 0 Å². The van der Waals surface area contributed by atoms with Gasteiger partial charge in [-0.15, -0.1) is 0 Å². The standard InChI is InChI=1S/C11H11F3N2O4/c1-3-19-10(18)20-16(2)9(17)7-6-15-5-4-8(7)11(12,13)14/h4-6H,3H2,1-2H3. The van der Waals surface area contributed by atoms with Gasteiger partial charge in [-0.3, -0.25) is 9.78 Å².